The summed E-state index contributed by atoms with van der Waals surface area (Å²) in [5, 5.41) is 2.86. The Labute approximate surface area is 171 Å². The Hall–Kier alpha value is -4.19. The third kappa shape index (κ3) is 3.24. The van der Waals surface area contributed by atoms with Crippen molar-refractivity contribution in [3.63, 3.8) is 0 Å². The summed E-state index contributed by atoms with van der Waals surface area (Å²) in [6.45, 7) is 0. The zero-order valence-electron chi connectivity index (χ0n) is 15.7. The highest BCUT2D eigenvalue weighted by molar-refractivity contribution is 6.04. The topological polar surface area (TPSA) is 70.9 Å². The molecule has 5 rings (SSSR count). The number of furan rings is 1. The number of carbonyl (C=O) groups excluding carboxylic acids is 1. The maximum absolute atomic E-state index is 14.0. The minimum Gasteiger partial charge on any atom is -0.451 e. The zero-order valence-corrected chi connectivity index (χ0v) is 15.7. The van der Waals surface area contributed by atoms with E-state index in [2.05, 4.69) is 15.3 Å². The van der Waals surface area contributed by atoms with Crippen LogP contribution < -0.4 is 5.32 Å². The normalized spacial score (nSPS) is 11.0. The number of amides is 1. The van der Waals surface area contributed by atoms with Crippen molar-refractivity contribution >= 4 is 22.6 Å². The fourth-order valence-electron chi connectivity index (χ4n) is 3.33. The first-order valence-electron chi connectivity index (χ1n) is 9.39. The average Bonchev–Trinajstić information content (AvgIpc) is 3.42. The van der Waals surface area contributed by atoms with Gasteiger partial charge >= 0.3 is 0 Å². The average molecular weight is 397 g/mol. The maximum Gasteiger partial charge on any atom is 0.291 e. The molecule has 0 aliphatic heterocycles. The van der Waals surface area contributed by atoms with Crippen LogP contribution >= 0.6 is 0 Å². The minimum atomic E-state index is -0.429. The van der Waals surface area contributed by atoms with Crippen LogP contribution in [0.1, 0.15) is 10.6 Å². The number of H-pyrrole nitrogens is 1. The summed E-state index contributed by atoms with van der Waals surface area (Å²) in [7, 11) is 0. The summed E-state index contributed by atoms with van der Waals surface area (Å²) < 4.78 is 19.6. The van der Waals surface area contributed by atoms with Crippen LogP contribution in [0.15, 0.2) is 89.3 Å². The van der Waals surface area contributed by atoms with E-state index in [1.807, 2.05) is 42.5 Å². The number of fused-ring (bicyclic) bond motifs is 1. The molecule has 2 heterocycles. The number of imidazole rings is 1. The van der Waals surface area contributed by atoms with Crippen molar-refractivity contribution in [3.8, 4) is 22.7 Å². The Morgan fingerprint density at radius 2 is 1.60 bits per heavy atom. The summed E-state index contributed by atoms with van der Waals surface area (Å²) >= 11 is 0. The van der Waals surface area contributed by atoms with Gasteiger partial charge in [0.1, 0.15) is 17.4 Å². The van der Waals surface area contributed by atoms with E-state index < -0.39 is 11.7 Å². The molecule has 0 atom stereocenters. The van der Waals surface area contributed by atoms with Crippen LogP contribution in [0, 0.1) is 5.82 Å². The Morgan fingerprint density at radius 1 is 0.867 bits per heavy atom. The van der Waals surface area contributed by atoms with E-state index in [4.69, 9.17) is 4.42 Å². The van der Waals surface area contributed by atoms with Gasteiger partial charge in [0.15, 0.2) is 5.76 Å². The zero-order chi connectivity index (χ0) is 20.5. The maximum atomic E-state index is 14.0. The number of hydrogen-bond donors (Lipinski definition) is 2. The smallest absolute Gasteiger partial charge is 0.291 e. The lowest BCUT2D eigenvalue weighted by atomic mass is 10.1. The molecule has 0 fully saturated rings. The van der Waals surface area contributed by atoms with Crippen molar-refractivity contribution in [2.75, 3.05) is 5.32 Å². The molecule has 0 unspecified atom stereocenters. The van der Waals surface area contributed by atoms with Gasteiger partial charge in [0.2, 0.25) is 0 Å². The SMILES string of the molecule is O=C(Nc1ccccc1-c1nc2ccccc2[nH]1)c1ccc(-c2ccccc2F)o1. The number of halogens is 1. The van der Waals surface area contributed by atoms with Gasteiger partial charge in [-0.15, -0.1) is 0 Å². The third-order valence-electron chi connectivity index (χ3n) is 4.79. The van der Waals surface area contributed by atoms with Crippen molar-refractivity contribution in [2.24, 2.45) is 0 Å². The van der Waals surface area contributed by atoms with Crippen LogP contribution in [0.4, 0.5) is 10.1 Å². The predicted molar refractivity (Wildman–Crippen MR) is 114 cm³/mol. The van der Waals surface area contributed by atoms with E-state index in [1.165, 1.54) is 12.1 Å². The molecule has 5 aromatic rings. The second kappa shape index (κ2) is 7.33. The lowest BCUT2D eigenvalue weighted by Gasteiger charge is -2.08. The van der Waals surface area contributed by atoms with Gasteiger partial charge in [-0.25, -0.2) is 9.37 Å². The molecule has 3 aromatic carbocycles. The number of para-hydroxylation sites is 3. The molecule has 0 aliphatic rings. The molecule has 6 heteroatoms. The number of hydrogen-bond acceptors (Lipinski definition) is 3. The highest BCUT2D eigenvalue weighted by atomic mass is 19.1. The van der Waals surface area contributed by atoms with Gasteiger partial charge in [-0.3, -0.25) is 4.79 Å². The van der Waals surface area contributed by atoms with Crippen molar-refractivity contribution in [2.45, 2.75) is 0 Å². The highest BCUT2D eigenvalue weighted by Crippen LogP contribution is 2.29. The minimum absolute atomic E-state index is 0.0904. The molecule has 1 amide bonds. The van der Waals surface area contributed by atoms with Crippen LogP contribution in [0.3, 0.4) is 0 Å². The second-order valence-corrected chi connectivity index (χ2v) is 6.75. The Balaban J connectivity index is 1.44. The monoisotopic (exact) mass is 397 g/mol. The van der Waals surface area contributed by atoms with Crippen LogP contribution in [0.2, 0.25) is 0 Å². The van der Waals surface area contributed by atoms with Crippen molar-refractivity contribution in [1.29, 1.82) is 0 Å². The predicted octanol–water partition coefficient (Wildman–Crippen LogP) is 5.88. The standard InChI is InChI=1S/C24H16FN3O2/c25-17-9-3-1-7-15(17)21-13-14-22(30-21)24(29)28-18-10-4-2-8-16(18)23-26-19-11-5-6-12-20(19)27-23/h1-14H,(H,26,27)(H,28,29). The highest BCUT2D eigenvalue weighted by Gasteiger charge is 2.17. The number of benzene rings is 3. The van der Waals surface area contributed by atoms with Crippen LogP contribution in [-0.4, -0.2) is 15.9 Å². The molecule has 0 radical (unpaired) electrons. The molecule has 0 aliphatic carbocycles. The van der Waals surface area contributed by atoms with Crippen LogP contribution in [-0.2, 0) is 0 Å². The van der Waals surface area contributed by atoms with Gasteiger partial charge in [-0.2, -0.15) is 0 Å². The molecule has 0 bridgehead atoms. The number of carbonyl (C=O) groups is 1. The summed E-state index contributed by atoms with van der Waals surface area (Å²) in [6, 6.07) is 24.5. The largest absolute Gasteiger partial charge is 0.451 e. The first-order chi connectivity index (χ1) is 14.7. The van der Waals surface area contributed by atoms with E-state index >= 15 is 0 Å². The van der Waals surface area contributed by atoms with E-state index in [9.17, 15) is 9.18 Å². The molecule has 5 nitrogen and oxygen atoms in total. The van der Waals surface area contributed by atoms with Crippen molar-refractivity contribution in [1.82, 2.24) is 9.97 Å². The van der Waals surface area contributed by atoms with Crippen molar-refractivity contribution in [3.05, 3.63) is 96.5 Å². The van der Waals surface area contributed by atoms with Gasteiger partial charge in [0.25, 0.3) is 5.91 Å². The number of anilines is 1. The van der Waals surface area contributed by atoms with Crippen LogP contribution in [0.25, 0.3) is 33.7 Å². The lowest BCUT2D eigenvalue weighted by molar-refractivity contribution is 0.0997. The molecule has 30 heavy (non-hydrogen) atoms. The molecule has 0 saturated carbocycles. The summed E-state index contributed by atoms with van der Waals surface area (Å²) in [6.07, 6.45) is 0. The summed E-state index contributed by atoms with van der Waals surface area (Å²) in [5.41, 5.74) is 3.40. The second-order valence-electron chi connectivity index (χ2n) is 6.75. The van der Waals surface area contributed by atoms with Gasteiger partial charge in [-0.1, -0.05) is 36.4 Å². The van der Waals surface area contributed by atoms with Gasteiger partial charge in [0.05, 0.1) is 22.3 Å². The fourth-order valence-corrected chi connectivity index (χ4v) is 3.33. The fraction of sp³-hybridized carbons (Fsp3) is 0. The first kappa shape index (κ1) is 17.9. The number of aromatic nitrogens is 2. The molecule has 0 spiro atoms. The lowest BCUT2D eigenvalue weighted by Crippen LogP contribution is -2.11. The summed E-state index contributed by atoms with van der Waals surface area (Å²) in [5.74, 6) is 0.199. The molecule has 2 aromatic heterocycles. The molecular formula is C24H16FN3O2. The van der Waals surface area contributed by atoms with Gasteiger partial charge in [0, 0.05) is 5.56 Å². The molecule has 2 N–H and O–H groups in total. The molecule has 146 valence electrons. The van der Waals surface area contributed by atoms with Crippen LogP contribution in [0.5, 0.6) is 0 Å². The number of aromatic amines is 1. The number of nitrogens with zero attached hydrogens (tertiary/aromatic N) is 1. The first-order valence-corrected chi connectivity index (χ1v) is 9.39. The Kier molecular flexibility index (Phi) is 4.37. The number of rotatable bonds is 4. The molecular weight excluding hydrogens is 381 g/mol. The quantitative estimate of drug-likeness (QED) is 0.398. The van der Waals surface area contributed by atoms with Gasteiger partial charge < -0.3 is 14.7 Å². The number of nitrogens with one attached hydrogen (secondary N) is 2. The summed E-state index contributed by atoms with van der Waals surface area (Å²) in [4.78, 5) is 20.6. The third-order valence-corrected chi connectivity index (χ3v) is 4.79. The molecule has 0 saturated heterocycles. The van der Waals surface area contributed by atoms with E-state index in [1.54, 1.807) is 30.3 Å². The van der Waals surface area contributed by atoms with Gasteiger partial charge in [-0.05, 0) is 48.5 Å². The van der Waals surface area contributed by atoms with E-state index in [0.717, 1.165) is 16.6 Å². The van der Waals surface area contributed by atoms with E-state index in [-0.39, 0.29) is 5.76 Å². The van der Waals surface area contributed by atoms with Crippen molar-refractivity contribution < 1.29 is 13.6 Å². The van der Waals surface area contributed by atoms with E-state index in [0.29, 0.717) is 22.8 Å². The Morgan fingerprint density at radius 3 is 2.43 bits per heavy atom. The Bertz CT molecular complexity index is 1340.